The SMILES string of the molecule is O=C(c1cc(S(=O)(=O)NC2CC2)c(Cl)cc1Cl)N1CCC(C(=O)N2CCCC2)CC1. The van der Waals surface area contributed by atoms with Gasteiger partial charge in [0.05, 0.1) is 15.6 Å². The molecule has 1 aromatic carbocycles. The molecule has 2 amide bonds. The van der Waals surface area contributed by atoms with Gasteiger partial charge in [-0.05, 0) is 50.7 Å². The van der Waals surface area contributed by atoms with E-state index in [-0.39, 0.29) is 44.3 Å². The summed E-state index contributed by atoms with van der Waals surface area (Å²) in [7, 11) is -3.82. The Morgan fingerprint density at radius 3 is 2.13 bits per heavy atom. The van der Waals surface area contributed by atoms with Crippen molar-refractivity contribution in [3.05, 3.63) is 27.7 Å². The molecule has 164 valence electrons. The molecule has 30 heavy (non-hydrogen) atoms. The Balaban J connectivity index is 1.47. The summed E-state index contributed by atoms with van der Waals surface area (Å²) < 4.78 is 27.8. The number of carbonyl (C=O) groups excluding carboxylic acids is 2. The first-order valence-corrected chi connectivity index (χ1v) is 12.6. The molecule has 2 heterocycles. The van der Waals surface area contributed by atoms with Crippen molar-refractivity contribution in [3.8, 4) is 0 Å². The number of piperidine rings is 1. The molecule has 1 aromatic rings. The van der Waals surface area contributed by atoms with Crippen molar-refractivity contribution in [2.75, 3.05) is 26.2 Å². The summed E-state index contributed by atoms with van der Waals surface area (Å²) in [4.78, 5) is 29.1. The highest BCUT2D eigenvalue weighted by Crippen LogP contribution is 2.32. The quantitative estimate of drug-likeness (QED) is 0.711. The lowest BCUT2D eigenvalue weighted by molar-refractivity contribution is -0.135. The lowest BCUT2D eigenvalue weighted by atomic mass is 9.95. The smallest absolute Gasteiger partial charge is 0.255 e. The highest BCUT2D eigenvalue weighted by atomic mass is 35.5. The van der Waals surface area contributed by atoms with E-state index in [1.807, 2.05) is 4.90 Å². The number of likely N-dealkylation sites (tertiary alicyclic amines) is 2. The Bertz CT molecular complexity index is 951. The van der Waals surface area contributed by atoms with Crippen molar-refractivity contribution in [1.29, 1.82) is 0 Å². The third-order valence-electron chi connectivity index (χ3n) is 5.99. The van der Waals surface area contributed by atoms with Crippen LogP contribution < -0.4 is 4.72 Å². The molecule has 0 aromatic heterocycles. The highest BCUT2D eigenvalue weighted by Gasteiger charge is 2.34. The van der Waals surface area contributed by atoms with Crippen LogP contribution in [0.4, 0.5) is 0 Å². The van der Waals surface area contributed by atoms with Crippen molar-refractivity contribution < 1.29 is 18.0 Å². The van der Waals surface area contributed by atoms with Crippen molar-refractivity contribution >= 4 is 45.0 Å². The Hall–Kier alpha value is -1.35. The number of hydrogen-bond donors (Lipinski definition) is 1. The minimum atomic E-state index is -3.82. The van der Waals surface area contributed by atoms with E-state index in [4.69, 9.17) is 23.2 Å². The van der Waals surface area contributed by atoms with E-state index in [1.54, 1.807) is 4.90 Å². The Labute approximate surface area is 186 Å². The predicted molar refractivity (Wildman–Crippen MR) is 114 cm³/mol. The van der Waals surface area contributed by atoms with Gasteiger partial charge in [0.25, 0.3) is 5.91 Å². The normalized spacial score (nSPS) is 20.6. The number of benzene rings is 1. The zero-order valence-corrected chi connectivity index (χ0v) is 18.9. The van der Waals surface area contributed by atoms with Crippen LogP contribution in [0.5, 0.6) is 0 Å². The first kappa shape index (κ1) is 21.9. The molecule has 2 saturated heterocycles. The van der Waals surface area contributed by atoms with Crippen molar-refractivity contribution in [2.45, 2.75) is 49.5 Å². The number of amides is 2. The maximum atomic E-state index is 13.1. The van der Waals surface area contributed by atoms with Gasteiger partial charge in [-0.3, -0.25) is 9.59 Å². The fraction of sp³-hybridized carbons (Fsp3) is 0.600. The van der Waals surface area contributed by atoms with E-state index in [1.165, 1.54) is 12.1 Å². The maximum Gasteiger partial charge on any atom is 0.255 e. The van der Waals surface area contributed by atoms with Gasteiger partial charge in [0.2, 0.25) is 15.9 Å². The molecule has 2 aliphatic heterocycles. The summed E-state index contributed by atoms with van der Waals surface area (Å²) in [5.74, 6) is -0.221. The molecule has 0 atom stereocenters. The van der Waals surface area contributed by atoms with Gasteiger partial charge in [-0.15, -0.1) is 0 Å². The molecule has 1 saturated carbocycles. The summed E-state index contributed by atoms with van der Waals surface area (Å²) >= 11 is 12.4. The third-order valence-corrected chi connectivity index (χ3v) is 8.29. The molecule has 4 rings (SSSR count). The molecule has 0 spiro atoms. The van der Waals surface area contributed by atoms with Crippen LogP contribution >= 0.6 is 23.2 Å². The van der Waals surface area contributed by atoms with Crippen LogP contribution in [0.25, 0.3) is 0 Å². The van der Waals surface area contributed by atoms with Crippen molar-refractivity contribution in [3.63, 3.8) is 0 Å². The molecule has 0 radical (unpaired) electrons. The maximum absolute atomic E-state index is 13.1. The van der Waals surface area contributed by atoms with Gasteiger partial charge in [-0.25, -0.2) is 13.1 Å². The average Bonchev–Trinajstić information content (AvgIpc) is 3.34. The Morgan fingerprint density at radius 1 is 0.900 bits per heavy atom. The summed E-state index contributed by atoms with van der Waals surface area (Å²) in [6.07, 6.45) is 4.89. The molecule has 10 heteroatoms. The average molecular weight is 474 g/mol. The van der Waals surface area contributed by atoms with Crippen LogP contribution in [-0.4, -0.2) is 62.3 Å². The molecular formula is C20H25Cl2N3O4S. The van der Waals surface area contributed by atoms with E-state index in [0.29, 0.717) is 25.9 Å². The van der Waals surface area contributed by atoms with Gasteiger partial charge in [0, 0.05) is 38.1 Å². The largest absolute Gasteiger partial charge is 0.342 e. The molecule has 3 aliphatic rings. The number of rotatable bonds is 5. The van der Waals surface area contributed by atoms with Crippen LogP contribution in [0.3, 0.4) is 0 Å². The standard InChI is InChI=1S/C20H25Cl2N3O4S/c21-16-12-17(22)18(30(28,29)23-14-3-4-14)11-15(16)20(27)25-9-5-13(6-10-25)19(26)24-7-1-2-8-24/h11-14,23H,1-10H2. The molecule has 0 unspecified atom stereocenters. The number of nitrogens with one attached hydrogen (secondary N) is 1. The van der Waals surface area contributed by atoms with Gasteiger partial charge in [-0.2, -0.15) is 0 Å². The number of nitrogens with zero attached hydrogens (tertiary/aromatic N) is 2. The summed E-state index contributed by atoms with van der Waals surface area (Å²) in [6, 6.07) is 2.49. The fourth-order valence-electron chi connectivity index (χ4n) is 4.08. The lowest BCUT2D eigenvalue weighted by Crippen LogP contribution is -2.43. The van der Waals surface area contributed by atoms with E-state index in [0.717, 1.165) is 38.8 Å². The minimum absolute atomic E-state index is 0.0142. The second kappa shape index (κ2) is 8.65. The van der Waals surface area contributed by atoms with E-state index in [2.05, 4.69) is 4.72 Å². The van der Waals surface area contributed by atoms with E-state index in [9.17, 15) is 18.0 Å². The third kappa shape index (κ3) is 4.61. The molecular weight excluding hydrogens is 449 g/mol. The van der Waals surface area contributed by atoms with Crippen molar-refractivity contribution in [1.82, 2.24) is 14.5 Å². The Kier molecular flexibility index (Phi) is 6.30. The number of sulfonamides is 1. The monoisotopic (exact) mass is 473 g/mol. The van der Waals surface area contributed by atoms with E-state index >= 15 is 0 Å². The molecule has 3 fully saturated rings. The zero-order chi connectivity index (χ0) is 21.5. The van der Waals surface area contributed by atoms with E-state index < -0.39 is 10.0 Å². The van der Waals surface area contributed by atoms with Crippen LogP contribution in [0.2, 0.25) is 10.0 Å². The number of halogens is 2. The molecule has 1 aliphatic carbocycles. The first-order valence-electron chi connectivity index (χ1n) is 10.4. The molecule has 1 N–H and O–H groups in total. The van der Waals surface area contributed by atoms with Crippen LogP contribution in [-0.2, 0) is 14.8 Å². The van der Waals surface area contributed by atoms with Gasteiger partial charge in [0.1, 0.15) is 4.90 Å². The fourth-order valence-corrected chi connectivity index (χ4v) is 6.24. The van der Waals surface area contributed by atoms with Crippen LogP contribution in [0.1, 0.15) is 48.9 Å². The Morgan fingerprint density at radius 2 is 1.53 bits per heavy atom. The summed E-state index contributed by atoms with van der Waals surface area (Å²) in [5, 5.41) is 0.102. The second-order valence-electron chi connectivity index (χ2n) is 8.26. The minimum Gasteiger partial charge on any atom is -0.342 e. The number of hydrogen-bond acceptors (Lipinski definition) is 4. The van der Waals surface area contributed by atoms with Gasteiger partial charge in [0.15, 0.2) is 0 Å². The molecule has 0 bridgehead atoms. The first-order chi connectivity index (χ1) is 14.3. The van der Waals surface area contributed by atoms with Gasteiger partial charge >= 0.3 is 0 Å². The predicted octanol–water partition coefficient (Wildman–Crippen LogP) is 2.91. The van der Waals surface area contributed by atoms with Crippen LogP contribution in [0.15, 0.2) is 17.0 Å². The van der Waals surface area contributed by atoms with Gasteiger partial charge < -0.3 is 9.80 Å². The highest BCUT2D eigenvalue weighted by molar-refractivity contribution is 7.89. The number of carbonyl (C=O) groups is 2. The molecule has 7 nitrogen and oxygen atoms in total. The zero-order valence-electron chi connectivity index (χ0n) is 16.6. The lowest BCUT2D eigenvalue weighted by Gasteiger charge is -2.33. The topological polar surface area (TPSA) is 86.8 Å². The van der Waals surface area contributed by atoms with Crippen LogP contribution in [0, 0.1) is 5.92 Å². The summed E-state index contributed by atoms with van der Waals surface area (Å²) in [6.45, 7) is 2.52. The summed E-state index contributed by atoms with van der Waals surface area (Å²) in [5.41, 5.74) is 0.113. The van der Waals surface area contributed by atoms with Gasteiger partial charge in [-0.1, -0.05) is 23.2 Å². The van der Waals surface area contributed by atoms with Crippen molar-refractivity contribution in [2.24, 2.45) is 5.92 Å². The second-order valence-corrected chi connectivity index (χ2v) is 10.8.